The highest BCUT2D eigenvalue weighted by Crippen LogP contribution is 2.23. The van der Waals surface area contributed by atoms with E-state index in [-0.39, 0.29) is 5.78 Å². The van der Waals surface area contributed by atoms with E-state index >= 15 is 0 Å². The maximum Gasteiger partial charge on any atom is 0.343 e. The lowest BCUT2D eigenvalue weighted by Gasteiger charge is -2.07. The monoisotopic (exact) mass is 320 g/mol. The van der Waals surface area contributed by atoms with Crippen LogP contribution in [0.3, 0.4) is 0 Å². The second-order valence-electron chi connectivity index (χ2n) is 5.40. The quantitative estimate of drug-likeness (QED) is 0.409. The summed E-state index contributed by atoms with van der Waals surface area (Å²) in [4.78, 5) is 23.7. The SMILES string of the molecule is COc1cccc(C(=O)Oc2ccc3cc(C(C)=O)ccc3c2)c1. The molecule has 0 N–H and O–H groups in total. The number of Topliss-reactive ketones (excluding diaryl/α,β-unsaturated/α-hetero) is 1. The lowest BCUT2D eigenvalue weighted by atomic mass is 10.0. The Labute approximate surface area is 139 Å². The smallest absolute Gasteiger partial charge is 0.343 e. The second kappa shape index (κ2) is 6.54. The molecule has 24 heavy (non-hydrogen) atoms. The number of rotatable bonds is 4. The fraction of sp³-hybridized carbons (Fsp3) is 0.100. The molecule has 120 valence electrons. The molecule has 0 radical (unpaired) electrons. The van der Waals surface area contributed by atoms with Gasteiger partial charge in [0.05, 0.1) is 12.7 Å². The zero-order chi connectivity index (χ0) is 17.1. The van der Waals surface area contributed by atoms with E-state index < -0.39 is 5.97 Å². The molecule has 3 rings (SSSR count). The van der Waals surface area contributed by atoms with Crippen LogP contribution in [0.5, 0.6) is 11.5 Å². The Balaban J connectivity index is 1.85. The van der Waals surface area contributed by atoms with Gasteiger partial charge in [-0.05, 0) is 54.1 Å². The topological polar surface area (TPSA) is 52.6 Å². The Morgan fingerprint density at radius 1 is 0.792 bits per heavy atom. The molecule has 0 amide bonds. The molecule has 0 aliphatic heterocycles. The van der Waals surface area contributed by atoms with Crippen molar-refractivity contribution >= 4 is 22.5 Å². The summed E-state index contributed by atoms with van der Waals surface area (Å²) >= 11 is 0. The van der Waals surface area contributed by atoms with Crippen molar-refractivity contribution in [1.29, 1.82) is 0 Å². The van der Waals surface area contributed by atoms with Gasteiger partial charge in [0.25, 0.3) is 0 Å². The van der Waals surface area contributed by atoms with Gasteiger partial charge in [-0.2, -0.15) is 0 Å². The number of ketones is 1. The Morgan fingerprint density at radius 2 is 1.54 bits per heavy atom. The van der Waals surface area contributed by atoms with E-state index in [2.05, 4.69) is 0 Å². The van der Waals surface area contributed by atoms with Crippen molar-refractivity contribution in [3.63, 3.8) is 0 Å². The summed E-state index contributed by atoms with van der Waals surface area (Å²) in [6.45, 7) is 1.53. The molecule has 0 saturated carbocycles. The van der Waals surface area contributed by atoms with E-state index in [9.17, 15) is 9.59 Å². The molecule has 0 aliphatic rings. The third-order valence-corrected chi connectivity index (χ3v) is 3.73. The van der Waals surface area contributed by atoms with E-state index in [0.29, 0.717) is 22.6 Å². The van der Waals surface area contributed by atoms with Gasteiger partial charge in [-0.15, -0.1) is 0 Å². The van der Waals surface area contributed by atoms with Crippen molar-refractivity contribution < 1.29 is 19.1 Å². The number of benzene rings is 3. The second-order valence-corrected chi connectivity index (χ2v) is 5.40. The summed E-state index contributed by atoms with van der Waals surface area (Å²) in [5.74, 6) is 0.615. The minimum atomic E-state index is -0.450. The highest BCUT2D eigenvalue weighted by molar-refractivity contribution is 5.99. The van der Waals surface area contributed by atoms with Gasteiger partial charge in [-0.3, -0.25) is 4.79 Å². The molecule has 0 aromatic heterocycles. The van der Waals surface area contributed by atoms with E-state index in [0.717, 1.165) is 10.8 Å². The van der Waals surface area contributed by atoms with E-state index in [1.54, 1.807) is 49.6 Å². The van der Waals surface area contributed by atoms with Crippen molar-refractivity contribution in [2.75, 3.05) is 7.11 Å². The van der Waals surface area contributed by atoms with Crippen LogP contribution in [-0.4, -0.2) is 18.9 Å². The van der Waals surface area contributed by atoms with Crippen molar-refractivity contribution in [2.24, 2.45) is 0 Å². The molecule has 0 unspecified atom stereocenters. The number of methoxy groups -OCH3 is 1. The van der Waals surface area contributed by atoms with Crippen molar-refractivity contribution in [1.82, 2.24) is 0 Å². The third kappa shape index (κ3) is 3.27. The minimum absolute atomic E-state index is 0.0189. The molecule has 0 bridgehead atoms. The first-order chi connectivity index (χ1) is 11.6. The Hall–Kier alpha value is -3.14. The predicted octanol–water partition coefficient (Wildman–Crippen LogP) is 4.27. The summed E-state index contributed by atoms with van der Waals surface area (Å²) in [5, 5.41) is 1.82. The highest BCUT2D eigenvalue weighted by Gasteiger charge is 2.10. The lowest BCUT2D eigenvalue weighted by molar-refractivity contribution is 0.0734. The number of fused-ring (bicyclic) bond motifs is 1. The first kappa shape index (κ1) is 15.7. The molecule has 0 aliphatic carbocycles. The predicted molar refractivity (Wildman–Crippen MR) is 91.9 cm³/mol. The summed E-state index contributed by atoms with van der Waals surface area (Å²) in [6.07, 6.45) is 0. The standard InChI is InChI=1S/C20H16O4/c1-13(21)14-6-7-16-11-19(9-8-15(16)10-14)24-20(22)17-4-3-5-18(12-17)23-2/h3-12H,1-2H3. The van der Waals surface area contributed by atoms with Gasteiger partial charge in [-0.1, -0.05) is 24.3 Å². The van der Waals surface area contributed by atoms with Gasteiger partial charge in [-0.25, -0.2) is 4.79 Å². The summed E-state index contributed by atoms with van der Waals surface area (Å²) in [6, 6.07) is 17.5. The lowest BCUT2D eigenvalue weighted by Crippen LogP contribution is -2.08. The average molecular weight is 320 g/mol. The molecule has 3 aromatic rings. The molecule has 0 fully saturated rings. The van der Waals surface area contributed by atoms with Crippen LogP contribution >= 0.6 is 0 Å². The Morgan fingerprint density at radius 3 is 2.29 bits per heavy atom. The number of hydrogen-bond acceptors (Lipinski definition) is 4. The van der Waals surface area contributed by atoms with Crippen LogP contribution in [0.4, 0.5) is 0 Å². The fourth-order valence-corrected chi connectivity index (χ4v) is 2.42. The Kier molecular flexibility index (Phi) is 4.29. The molecule has 4 nitrogen and oxygen atoms in total. The van der Waals surface area contributed by atoms with E-state index in [1.807, 2.05) is 18.2 Å². The first-order valence-corrected chi connectivity index (χ1v) is 7.48. The number of carbonyl (C=O) groups excluding carboxylic acids is 2. The van der Waals surface area contributed by atoms with Crippen LogP contribution < -0.4 is 9.47 Å². The molecular formula is C20H16O4. The van der Waals surface area contributed by atoms with Crippen molar-refractivity contribution in [2.45, 2.75) is 6.92 Å². The number of carbonyl (C=O) groups is 2. The molecule has 0 spiro atoms. The van der Waals surface area contributed by atoms with Crippen LogP contribution in [0.25, 0.3) is 10.8 Å². The minimum Gasteiger partial charge on any atom is -0.497 e. The maximum absolute atomic E-state index is 12.2. The maximum atomic E-state index is 12.2. The zero-order valence-electron chi connectivity index (χ0n) is 13.4. The average Bonchev–Trinajstić information content (AvgIpc) is 2.61. The molecule has 4 heteroatoms. The number of ether oxygens (including phenoxy) is 2. The fourth-order valence-electron chi connectivity index (χ4n) is 2.42. The van der Waals surface area contributed by atoms with Crippen molar-refractivity contribution in [3.8, 4) is 11.5 Å². The van der Waals surface area contributed by atoms with Crippen molar-refractivity contribution in [3.05, 3.63) is 71.8 Å². The summed E-state index contributed by atoms with van der Waals surface area (Å²) < 4.78 is 10.5. The van der Waals surface area contributed by atoms with Crippen LogP contribution in [0.2, 0.25) is 0 Å². The molecule has 0 atom stereocenters. The van der Waals surface area contributed by atoms with Gasteiger partial charge in [0, 0.05) is 5.56 Å². The van der Waals surface area contributed by atoms with E-state index in [1.165, 1.54) is 6.92 Å². The van der Waals surface area contributed by atoms with Gasteiger partial charge in [0.15, 0.2) is 5.78 Å². The summed E-state index contributed by atoms with van der Waals surface area (Å²) in [5.41, 5.74) is 1.07. The van der Waals surface area contributed by atoms with Gasteiger partial charge in [0.2, 0.25) is 0 Å². The Bertz CT molecular complexity index is 928. The first-order valence-electron chi connectivity index (χ1n) is 7.48. The van der Waals surface area contributed by atoms with Crippen LogP contribution in [0, 0.1) is 0 Å². The van der Waals surface area contributed by atoms with Gasteiger partial charge in [0.1, 0.15) is 11.5 Å². The molecular weight excluding hydrogens is 304 g/mol. The van der Waals surface area contributed by atoms with E-state index in [4.69, 9.17) is 9.47 Å². The van der Waals surface area contributed by atoms with Gasteiger partial charge >= 0.3 is 5.97 Å². The normalized spacial score (nSPS) is 10.4. The largest absolute Gasteiger partial charge is 0.497 e. The number of hydrogen-bond donors (Lipinski definition) is 0. The highest BCUT2D eigenvalue weighted by atomic mass is 16.5. The molecule has 3 aromatic carbocycles. The van der Waals surface area contributed by atoms with Gasteiger partial charge < -0.3 is 9.47 Å². The molecule has 0 heterocycles. The van der Waals surface area contributed by atoms with Crippen LogP contribution in [0.15, 0.2) is 60.7 Å². The summed E-state index contributed by atoms with van der Waals surface area (Å²) in [7, 11) is 1.54. The van der Waals surface area contributed by atoms with Crippen LogP contribution in [-0.2, 0) is 0 Å². The third-order valence-electron chi connectivity index (χ3n) is 3.73. The molecule has 0 saturated heterocycles. The number of esters is 1. The zero-order valence-corrected chi connectivity index (χ0v) is 13.4. The van der Waals surface area contributed by atoms with Crippen LogP contribution in [0.1, 0.15) is 27.6 Å².